The molecular weight excluding hydrogens is 364 g/mol. The minimum atomic E-state index is -3.54. The fourth-order valence-corrected chi connectivity index (χ4v) is 3.81. The molecule has 0 saturated carbocycles. The second-order valence-electron chi connectivity index (χ2n) is 5.49. The van der Waals surface area contributed by atoms with Gasteiger partial charge in [0, 0.05) is 5.56 Å². The van der Waals surface area contributed by atoms with Crippen molar-refractivity contribution in [3.05, 3.63) is 39.4 Å². The van der Waals surface area contributed by atoms with Crippen LogP contribution in [0.5, 0.6) is 0 Å². The van der Waals surface area contributed by atoms with E-state index in [4.69, 9.17) is 23.2 Å². The van der Waals surface area contributed by atoms with Crippen LogP contribution in [0.3, 0.4) is 0 Å². The van der Waals surface area contributed by atoms with E-state index in [-0.39, 0.29) is 16.4 Å². The van der Waals surface area contributed by atoms with E-state index in [2.05, 4.69) is 9.82 Å². The van der Waals surface area contributed by atoms with Crippen molar-refractivity contribution in [1.29, 1.82) is 0 Å². The van der Waals surface area contributed by atoms with Crippen LogP contribution < -0.4 is 4.72 Å². The average Bonchev–Trinajstić information content (AvgIpc) is 2.78. The van der Waals surface area contributed by atoms with E-state index < -0.39 is 15.8 Å². The van der Waals surface area contributed by atoms with Crippen LogP contribution in [0.1, 0.15) is 24.1 Å². The van der Waals surface area contributed by atoms with Gasteiger partial charge in [0.2, 0.25) is 10.0 Å². The molecule has 9 heteroatoms. The molecule has 0 amide bonds. The summed E-state index contributed by atoms with van der Waals surface area (Å²) < 4.78 is 40.7. The fraction of sp³-hybridized carbons (Fsp3) is 0.357. The Labute approximate surface area is 143 Å². The van der Waals surface area contributed by atoms with E-state index in [9.17, 15) is 12.8 Å². The van der Waals surface area contributed by atoms with Crippen molar-refractivity contribution >= 4 is 38.9 Å². The average molecular weight is 378 g/mol. The topological polar surface area (TPSA) is 64.0 Å². The monoisotopic (exact) mass is 377 g/mol. The van der Waals surface area contributed by atoms with Gasteiger partial charge >= 0.3 is 0 Å². The van der Waals surface area contributed by atoms with Crippen LogP contribution in [0, 0.1) is 5.82 Å². The number of fused-ring (bicyclic) bond motifs is 1. The predicted molar refractivity (Wildman–Crippen MR) is 88.7 cm³/mol. The van der Waals surface area contributed by atoms with Crippen molar-refractivity contribution in [1.82, 2.24) is 9.78 Å². The lowest BCUT2D eigenvalue weighted by Gasteiger charge is -2.11. The predicted octanol–water partition coefficient (Wildman–Crippen LogP) is 3.57. The molecule has 5 nitrogen and oxygen atoms in total. The summed E-state index contributed by atoms with van der Waals surface area (Å²) in [5, 5.41) is 4.69. The van der Waals surface area contributed by atoms with Gasteiger partial charge in [-0.2, -0.15) is 5.10 Å². The van der Waals surface area contributed by atoms with Crippen molar-refractivity contribution in [2.24, 2.45) is 0 Å². The molecule has 0 aliphatic heterocycles. The molecule has 1 aromatic heterocycles. The van der Waals surface area contributed by atoms with E-state index in [0.717, 1.165) is 49.3 Å². The number of aromatic nitrogens is 2. The number of halogens is 3. The smallest absolute Gasteiger partial charge is 0.229 e. The van der Waals surface area contributed by atoms with E-state index in [1.54, 1.807) is 0 Å². The van der Waals surface area contributed by atoms with Gasteiger partial charge in [-0.05, 0) is 37.8 Å². The Morgan fingerprint density at radius 1 is 1.26 bits per heavy atom. The highest BCUT2D eigenvalue weighted by molar-refractivity contribution is 7.92. The number of anilines is 1. The Bertz CT molecular complexity index is 881. The first-order valence-corrected chi connectivity index (χ1v) is 9.64. The molecule has 0 spiro atoms. The molecule has 2 aromatic rings. The van der Waals surface area contributed by atoms with Crippen molar-refractivity contribution < 1.29 is 12.8 Å². The van der Waals surface area contributed by atoms with Gasteiger partial charge in [0.25, 0.3) is 0 Å². The molecule has 0 bridgehead atoms. The lowest BCUT2D eigenvalue weighted by Crippen LogP contribution is -2.11. The molecule has 1 aliphatic carbocycles. The number of nitrogens with one attached hydrogen (secondary N) is 1. The maximum atomic E-state index is 14.3. The molecule has 1 aromatic carbocycles. The van der Waals surface area contributed by atoms with Crippen LogP contribution in [0.25, 0.3) is 5.69 Å². The normalized spacial score (nSPS) is 14.6. The quantitative estimate of drug-likeness (QED) is 0.888. The van der Waals surface area contributed by atoms with Crippen LogP contribution in [-0.2, 0) is 22.9 Å². The fourth-order valence-electron chi connectivity index (χ4n) is 2.65. The highest BCUT2D eigenvalue weighted by Gasteiger charge is 2.22. The first-order chi connectivity index (χ1) is 10.8. The van der Waals surface area contributed by atoms with Gasteiger partial charge in [0.15, 0.2) is 5.82 Å². The third-order valence-corrected chi connectivity index (χ3v) is 4.95. The third kappa shape index (κ3) is 3.32. The second-order valence-corrected chi connectivity index (χ2v) is 8.01. The number of sulfonamides is 1. The lowest BCUT2D eigenvalue weighted by atomic mass is 9.99. The number of benzene rings is 1. The Balaban J connectivity index is 2.13. The molecule has 0 saturated heterocycles. The molecule has 1 N–H and O–H groups in total. The van der Waals surface area contributed by atoms with E-state index in [1.807, 2.05) is 0 Å². The first-order valence-electron chi connectivity index (χ1n) is 7.00. The van der Waals surface area contributed by atoms with Crippen molar-refractivity contribution in [3.63, 3.8) is 0 Å². The second kappa shape index (κ2) is 5.96. The SMILES string of the molecule is CS(=O)(=O)Nc1cc(-n2nc3c(c2Cl)CCCC3)c(F)cc1Cl. The molecule has 0 unspecified atom stereocenters. The Morgan fingerprint density at radius 3 is 2.61 bits per heavy atom. The van der Waals surface area contributed by atoms with E-state index in [0.29, 0.717) is 5.15 Å². The van der Waals surface area contributed by atoms with Crippen molar-refractivity contribution in [2.45, 2.75) is 25.7 Å². The summed E-state index contributed by atoms with van der Waals surface area (Å²) in [5.41, 5.74) is 1.91. The van der Waals surface area contributed by atoms with Gasteiger partial charge in [0.05, 0.1) is 22.7 Å². The summed E-state index contributed by atoms with van der Waals surface area (Å²) in [6.07, 6.45) is 4.63. The Hall–Kier alpha value is -1.31. The number of hydrogen-bond acceptors (Lipinski definition) is 3. The lowest BCUT2D eigenvalue weighted by molar-refractivity contribution is 0.605. The van der Waals surface area contributed by atoms with Gasteiger partial charge in [-0.25, -0.2) is 17.5 Å². The summed E-state index contributed by atoms with van der Waals surface area (Å²) in [7, 11) is -3.54. The molecule has 0 atom stereocenters. The molecule has 1 heterocycles. The largest absolute Gasteiger partial charge is 0.282 e. The van der Waals surface area contributed by atoms with Crippen molar-refractivity contribution in [2.75, 3.05) is 11.0 Å². The Morgan fingerprint density at radius 2 is 1.96 bits per heavy atom. The van der Waals surface area contributed by atoms with Crippen LogP contribution in [0.2, 0.25) is 10.2 Å². The number of aryl methyl sites for hydroxylation is 1. The minimum absolute atomic E-state index is 0.0373. The molecular formula is C14H14Cl2FN3O2S. The molecule has 0 radical (unpaired) electrons. The standard InChI is InChI=1S/C14H14Cl2FN3O2S/c1-23(21,22)19-12-7-13(10(17)6-9(12)15)20-14(16)8-4-2-3-5-11(8)18-20/h6-7,19H,2-5H2,1H3. The number of nitrogens with zero attached hydrogens (tertiary/aromatic N) is 2. The third-order valence-electron chi connectivity index (χ3n) is 3.65. The van der Waals surface area contributed by atoms with Gasteiger partial charge in [0.1, 0.15) is 10.8 Å². The molecule has 3 rings (SSSR count). The first kappa shape index (κ1) is 16.5. The molecule has 0 fully saturated rings. The number of hydrogen-bond donors (Lipinski definition) is 1. The zero-order chi connectivity index (χ0) is 16.8. The zero-order valence-corrected chi connectivity index (χ0v) is 14.6. The van der Waals surface area contributed by atoms with Gasteiger partial charge in [-0.1, -0.05) is 23.2 Å². The highest BCUT2D eigenvalue weighted by Crippen LogP contribution is 2.33. The van der Waals surface area contributed by atoms with Crippen LogP contribution in [0.4, 0.5) is 10.1 Å². The van der Waals surface area contributed by atoms with Gasteiger partial charge in [-0.3, -0.25) is 4.72 Å². The van der Waals surface area contributed by atoms with Gasteiger partial charge < -0.3 is 0 Å². The van der Waals surface area contributed by atoms with E-state index >= 15 is 0 Å². The molecule has 1 aliphatic rings. The summed E-state index contributed by atoms with van der Waals surface area (Å²) in [4.78, 5) is 0. The van der Waals surface area contributed by atoms with Crippen LogP contribution in [0.15, 0.2) is 12.1 Å². The molecule has 124 valence electrons. The van der Waals surface area contributed by atoms with Gasteiger partial charge in [-0.15, -0.1) is 0 Å². The summed E-state index contributed by atoms with van der Waals surface area (Å²) in [5.74, 6) is -0.629. The number of rotatable bonds is 3. The minimum Gasteiger partial charge on any atom is -0.282 e. The van der Waals surface area contributed by atoms with E-state index in [1.165, 1.54) is 10.7 Å². The summed E-state index contributed by atoms with van der Waals surface area (Å²) in [6.45, 7) is 0. The van der Waals surface area contributed by atoms with Crippen LogP contribution >= 0.6 is 23.2 Å². The highest BCUT2D eigenvalue weighted by atomic mass is 35.5. The molecule has 23 heavy (non-hydrogen) atoms. The van der Waals surface area contributed by atoms with Crippen molar-refractivity contribution in [3.8, 4) is 5.69 Å². The van der Waals surface area contributed by atoms with Crippen LogP contribution in [-0.4, -0.2) is 24.5 Å². The Kier molecular flexibility index (Phi) is 4.29. The summed E-state index contributed by atoms with van der Waals surface area (Å²) in [6, 6.07) is 2.34. The maximum absolute atomic E-state index is 14.3. The summed E-state index contributed by atoms with van der Waals surface area (Å²) >= 11 is 12.2. The zero-order valence-electron chi connectivity index (χ0n) is 12.2. The maximum Gasteiger partial charge on any atom is 0.229 e.